The minimum Gasteiger partial charge on any atom is -0.469 e. The molecule has 0 saturated heterocycles. The van der Waals surface area contributed by atoms with Gasteiger partial charge in [-0.25, -0.2) is 4.79 Å². The summed E-state index contributed by atoms with van der Waals surface area (Å²) in [6.07, 6.45) is 2.58. The summed E-state index contributed by atoms with van der Waals surface area (Å²) in [4.78, 5) is 8.77. The van der Waals surface area contributed by atoms with Gasteiger partial charge in [-0.1, -0.05) is 12.1 Å². The van der Waals surface area contributed by atoms with Gasteiger partial charge >= 0.3 is 5.43 Å². The number of aryl methyl sites for hydroxylation is 1. The van der Waals surface area contributed by atoms with Gasteiger partial charge in [0.25, 0.3) is 0 Å². The predicted octanol–water partition coefficient (Wildman–Crippen LogP) is 2.14. The summed E-state index contributed by atoms with van der Waals surface area (Å²) in [5.74, 6) is 0.944. The third kappa shape index (κ3) is 6.86. The second-order valence-electron chi connectivity index (χ2n) is 1.59. The van der Waals surface area contributed by atoms with Crippen molar-refractivity contribution in [2.24, 2.45) is 0 Å². The van der Waals surface area contributed by atoms with Crippen LogP contribution >= 0.6 is 11.6 Å². The van der Waals surface area contributed by atoms with Crippen molar-refractivity contribution >= 4 is 17.0 Å². The van der Waals surface area contributed by atoms with Crippen LogP contribution in [-0.4, -0.2) is 15.7 Å². The van der Waals surface area contributed by atoms with Crippen LogP contribution in [0.2, 0.25) is 0 Å². The molecule has 0 aliphatic carbocycles. The highest BCUT2D eigenvalue weighted by molar-refractivity contribution is 6.60. The fraction of sp³-hybridized carbons (Fsp3) is 0.333. The lowest BCUT2D eigenvalue weighted by molar-refractivity contribution is 0.220. The number of aromatic nitrogens is 1. The molecule has 62 valence electrons. The summed E-state index contributed by atoms with van der Waals surface area (Å²) in [6, 6.07) is 1.86. The molecule has 0 saturated carbocycles. The van der Waals surface area contributed by atoms with Crippen LogP contribution < -0.4 is 0 Å². The van der Waals surface area contributed by atoms with E-state index in [1.54, 1.807) is 6.20 Å². The van der Waals surface area contributed by atoms with Gasteiger partial charge in [-0.05, 0) is 0 Å². The standard InChI is InChI=1S/C5H7NO.CHClO2/c1-2-5-3-4-6-7-5;2-1(3)4/h3-4H,2H2,1H3;(H,3,4). The Morgan fingerprint density at radius 2 is 2.45 bits per heavy atom. The van der Waals surface area contributed by atoms with Crippen LogP contribution in [0.25, 0.3) is 0 Å². The Morgan fingerprint density at radius 1 is 1.91 bits per heavy atom. The Bertz CT molecular complexity index is 194. The van der Waals surface area contributed by atoms with Crippen LogP contribution in [0.15, 0.2) is 16.8 Å². The second-order valence-corrected chi connectivity index (χ2v) is 1.91. The van der Waals surface area contributed by atoms with Crippen molar-refractivity contribution in [2.45, 2.75) is 13.3 Å². The Morgan fingerprint density at radius 3 is 2.64 bits per heavy atom. The molecule has 11 heavy (non-hydrogen) atoms. The lowest BCUT2D eigenvalue weighted by atomic mass is 10.4. The van der Waals surface area contributed by atoms with E-state index in [9.17, 15) is 0 Å². The van der Waals surface area contributed by atoms with Crippen LogP contribution in [0.5, 0.6) is 0 Å². The van der Waals surface area contributed by atoms with E-state index in [0.717, 1.165) is 12.2 Å². The molecule has 0 amide bonds. The van der Waals surface area contributed by atoms with E-state index in [1.165, 1.54) is 0 Å². The van der Waals surface area contributed by atoms with Gasteiger partial charge in [0, 0.05) is 24.1 Å². The van der Waals surface area contributed by atoms with Crippen LogP contribution in [0.4, 0.5) is 4.79 Å². The van der Waals surface area contributed by atoms with Crippen molar-refractivity contribution in [3.05, 3.63) is 18.0 Å². The molecule has 0 fully saturated rings. The highest BCUT2D eigenvalue weighted by Gasteiger charge is 1.86. The molecule has 1 N–H and O–H groups in total. The number of carbonyl (C=O) groups is 1. The Kier molecular flexibility index (Phi) is 5.20. The second kappa shape index (κ2) is 5.73. The highest BCUT2D eigenvalue weighted by atomic mass is 35.5. The van der Waals surface area contributed by atoms with Crippen molar-refractivity contribution < 1.29 is 14.4 Å². The third-order valence-corrected chi connectivity index (χ3v) is 0.840. The summed E-state index contributed by atoms with van der Waals surface area (Å²) in [5, 5.41) is 10.7. The maximum atomic E-state index is 8.77. The molecule has 0 aromatic carbocycles. The molecule has 0 radical (unpaired) electrons. The maximum absolute atomic E-state index is 8.77. The van der Waals surface area contributed by atoms with Crippen molar-refractivity contribution in [2.75, 3.05) is 0 Å². The Labute approximate surface area is 68.8 Å². The molecule has 0 spiro atoms. The first-order chi connectivity index (χ1) is 5.16. The summed E-state index contributed by atoms with van der Waals surface area (Å²) < 4.78 is 4.73. The van der Waals surface area contributed by atoms with Crippen molar-refractivity contribution in [1.29, 1.82) is 0 Å². The zero-order valence-corrected chi connectivity index (χ0v) is 6.71. The van der Waals surface area contributed by atoms with Crippen molar-refractivity contribution in [3.8, 4) is 0 Å². The molecule has 0 atom stereocenters. The van der Waals surface area contributed by atoms with E-state index in [1.807, 2.05) is 13.0 Å². The number of nitrogens with zero attached hydrogens (tertiary/aromatic N) is 1. The third-order valence-electron chi connectivity index (χ3n) is 0.840. The van der Waals surface area contributed by atoms with Gasteiger partial charge < -0.3 is 9.63 Å². The normalized spacial score (nSPS) is 8.18. The first-order valence-electron chi connectivity index (χ1n) is 2.94. The molecule has 5 heteroatoms. The molecule has 0 bridgehead atoms. The van der Waals surface area contributed by atoms with E-state index in [-0.39, 0.29) is 0 Å². The molecule has 0 aliphatic rings. The molecule has 1 rings (SSSR count). The van der Waals surface area contributed by atoms with Crippen LogP contribution in [-0.2, 0) is 6.42 Å². The summed E-state index contributed by atoms with van der Waals surface area (Å²) in [5.41, 5.74) is -1.36. The average Bonchev–Trinajstić information content (AvgIpc) is 2.36. The SMILES string of the molecule is CCc1ccno1.O=C(O)Cl. The van der Waals surface area contributed by atoms with E-state index in [0.29, 0.717) is 0 Å². The number of hydrogen-bond donors (Lipinski definition) is 1. The molecular weight excluding hydrogens is 170 g/mol. The summed E-state index contributed by atoms with van der Waals surface area (Å²) in [6.45, 7) is 2.03. The van der Waals surface area contributed by atoms with E-state index < -0.39 is 5.43 Å². The minimum atomic E-state index is -1.36. The minimum absolute atomic E-state index is 0.931. The fourth-order valence-corrected chi connectivity index (χ4v) is 0.425. The van der Waals surface area contributed by atoms with Gasteiger partial charge in [0.05, 0.1) is 6.20 Å². The lowest BCUT2D eigenvalue weighted by Crippen LogP contribution is -1.67. The number of rotatable bonds is 1. The largest absolute Gasteiger partial charge is 0.469 e. The number of hydrogen-bond acceptors (Lipinski definition) is 3. The Hall–Kier alpha value is -1.03. The van der Waals surface area contributed by atoms with Gasteiger partial charge in [-0.15, -0.1) is 0 Å². The fourth-order valence-electron chi connectivity index (χ4n) is 0.425. The zero-order chi connectivity index (χ0) is 8.69. The monoisotopic (exact) mass is 177 g/mol. The van der Waals surface area contributed by atoms with E-state index >= 15 is 0 Å². The molecule has 0 aliphatic heterocycles. The van der Waals surface area contributed by atoms with Gasteiger partial charge in [0.1, 0.15) is 5.76 Å². The quantitative estimate of drug-likeness (QED) is 0.668. The molecule has 1 heterocycles. The molecule has 0 unspecified atom stereocenters. The van der Waals surface area contributed by atoms with Gasteiger partial charge in [-0.2, -0.15) is 0 Å². The van der Waals surface area contributed by atoms with E-state index in [4.69, 9.17) is 14.4 Å². The molecule has 1 aromatic heterocycles. The molecule has 4 nitrogen and oxygen atoms in total. The Balaban J connectivity index is 0.000000218. The van der Waals surface area contributed by atoms with Crippen LogP contribution in [0, 0.1) is 0 Å². The highest BCUT2D eigenvalue weighted by Crippen LogP contribution is 1.94. The average molecular weight is 178 g/mol. The molecule has 1 aromatic rings. The number of halogens is 1. The lowest BCUT2D eigenvalue weighted by Gasteiger charge is -1.76. The topological polar surface area (TPSA) is 63.3 Å². The summed E-state index contributed by atoms with van der Waals surface area (Å²) in [7, 11) is 0. The summed E-state index contributed by atoms with van der Waals surface area (Å²) >= 11 is 4.19. The molecular formula is C6H8ClNO3. The zero-order valence-electron chi connectivity index (χ0n) is 5.95. The van der Waals surface area contributed by atoms with Crippen molar-refractivity contribution in [1.82, 2.24) is 5.16 Å². The smallest absolute Gasteiger partial charge is 0.401 e. The van der Waals surface area contributed by atoms with Gasteiger partial charge in [-0.3, -0.25) is 0 Å². The van der Waals surface area contributed by atoms with Crippen LogP contribution in [0.1, 0.15) is 12.7 Å². The first-order valence-corrected chi connectivity index (χ1v) is 3.32. The van der Waals surface area contributed by atoms with E-state index in [2.05, 4.69) is 16.8 Å². The predicted molar refractivity (Wildman–Crippen MR) is 39.8 cm³/mol. The van der Waals surface area contributed by atoms with Gasteiger partial charge in [0.15, 0.2) is 0 Å². The first kappa shape index (κ1) is 9.97. The maximum Gasteiger partial charge on any atom is 0.401 e. The van der Waals surface area contributed by atoms with Gasteiger partial charge in [0.2, 0.25) is 0 Å². The van der Waals surface area contributed by atoms with Crippen molar-refractivity contribution in [3.63, 3.8) is 0 Å². The number of carboxylic acid groups (broad SMARTS) is 1. The van der Waals surface area contributed by atoms with Crippen LogP contribution in [0.3, 0.4) is 0 Å².